The van der Waals surface area contributed by atoms with Crippen molar-refractivity contribution < 1.29 is 0 Å². The van der Waals surface area contributed by atoms with E-state index in [2.05, 4.69) is 159 Å². The van der Waals surface area contributed by atoms with E-state index in [1.807, 2.05) is 0 Å². The van der Waals surface area contributed by atoms with Crippen molar-refractivity contribution in [1.82, 2.24) is 0 Å². The Kier molecular flexibility index (Phi) is 5.50. The van der Waals surface area contributed by atoms with E-state index in [4.69, 9.17) is 0 Å². The molecule has 0 spiro atoms. The number of fused-ring (bicyclic) bond motifs is 3. The predicted octanol–water partition coefficient (Wildman–Crippen LogP) is 12.4. The highest BCUT2D eigenvalue weighted by molar-refractivity contribution is 6.01. The van der Waals surface area contributed by atoms with E-state index in [0.717, 1.165) is 12.8 Å². The van der Waals surface area contributed by atoms with E-state index in [1.54, 1.807) is 0 Å². The Bertz CT molecular complexity index is 2550. The van der Waals surface area contributed by atoms with E-state index in [-0.39, 0.29) is 5.41 Å². The standard InChI is InChI=1S/C49H36/c1-49(2)44-9-4-3-7-39(44)40-25-21-35(28-45(40)49)38-24-18-34-19-26-42-37(23-17-33-20-27-43(38)48(34)47(33)42)30-12-10-29(11-13-30)36-22-16-32-15-14-31-6-5-8-41(36)46(31)32/h3-13,16-28,42,47H,14-15H2,1-2H3. The topological polar surface area (TPSA) is 0 Å². The summed E-state index contributed by atoms with van der Waals surface area (Å²) < 4.78 is 0. The second-order valence-corrected chi connectivity index (χ2v) is 15.1. The Labute approximate surface area is 288 Å². The minimum absolute atomic E-state index is 0.0140. The van der Waals surface area contributed by atoms with E-state index in [1.165, 1.54) is 99.8 Å². The van der Waals surface area contributed by atoms with Crippen LogP contribution in [0.2, 0.25) is 0 Å². The van der Waals surface area contributed by atoms with Crippen LogP contribution in [0.15, 0.2) is 139 Å². The SMILES string of the molecule is CC1(C)c2ccccc2-c2ccc(-c3ccc4c5c3C=CC3=CC=C(c6ccc(-c7ccc8c9c(cccc79)CC8)cc6)C(C=C4)C35)cc21. The molecule has 0 aliphatic heterocycles. The molecule has 5 aliphatic rings. The lowest BCUT2D eigenvalue weighted by Crippen LogP contribution is -2.23. The number of benzene rings is 6. The van der Waals surface area contributed by atoms with Crippen LogP contribution in [0, 0.1) is 5.92 Å². The summed E-state index contributed by atoms with van der Waals surface area (Å²) in [7, 11) is 0. The molecule has 6 aromatic carbocycles. The molecule has 2 atom stereocenters. The number of hydrogen-bond acceptors (Lipinski definition) is 0. The van der Waals surface area contributed by atoms with Crippen molar-refractivity contribution in [1.29, 1.82) is 0 Å². The summed E-state index contributed by atoms with van der Waals surface area (Å²) in [6.07, 6.45) is 16.7. The third-order valence-electron chi connectivity index (χ3n) is 12.4. The molecule has 232 valence electrons. The number of allylic oxidation sites excluding steroid dienone is 6. The van der Waals surface area contributed by atoms with Crippen molar-refractivity contribution in [2.24, 2.45) is 5.92 Å². The van der Waals surface area contributed by atoms with Gasteiger partial charge in [-0.2, -0.15) is 0 Å². The average Bonchev–Trinajstić information content (AvgIpc) is 3.67. The first-order valence-corrected chi connectivity index (χ1v) is 17.9. The van der Waals surface area contributed by atoms with Crippen LogP contribution in [0.25, 0.3) is 61.9 Å². The quantitative estimate of drug-likeness (QED) is 0.184. The molecule has 0 heteroatoms. The molecule has 0 saturated heterocycles. The molecule has 0 N–H and O–H groups in total. The maximum Gasteiger partial charge on any atom is 0.0205 e. The zero-order chi connectivity index (χ0) is 32.4. The van der Waals surface area contributed by atoms with E-state index < -0.39 is 0 Å². The van der Waals surface area contributed by atoms with Gasteiger partial charge in [0.1, 0.15) is 0 Å². The first kappa shape index (κ1) is 27.5. The van der Waals surface area contributed by atoms with Crippen molar-refractivity contribution >= 4 is 28.5 Å². The third-order valence-corrected chi connectivity index (χ3v) is 12.4. The molecule has 49 heavy (non-hydrogen) atoms. The summed E-state index contributed by atoms with van der Waals surface area (Å²) in [5, 5.41) is 2.88. The van der Waals surface area contributed by atoms with Crippen LogP contribution in [0.1, 0.15) is 64.3 Å². The summed E-state index contributed by atoms with van der Waals surface area (Å²) in [4.78, 5) is 0. The van der Waals surface area contributed by atoms with Gasteiger partial charge in [-0.1, -0.05) is 153 Å². The lowest BCUT2D eigenvalue weighted by molar-refractivity contribution is 0.660. The first-order chi connectivity index (χ1) is 24.0. The molecule has 0 nitrogen and oxygen atoms in total. The van der Waals surface area contributed by atoms with Gasteiger partial charge in [0, 0.05) is 17.3 Å². The van der Waals surface area contributed by atoms with Crippen LogP contribution in [0.5, 0.6) is 0 Å². The Hall–Kier alpha value is -5.46. The molecule has 0 radical (unpaired) electrons. The Morgan fingerprint density at radius 3 is 2.22 bits per heavy atom. The van der Waals surface area contributed by atoms with Crippen LogP contribution in [-0.2, 0) is 18.3 Å². The maximum atomic E-state index is 2.47. The largest absolute Gasteiger partial charge is 0.0754 e. The highest BCUT2D eigenvalue weighted by Gasteiger charge is 2.38. The lowest BCUT2D eigenvalue weighted by atomic mass is 9.64. The van der Waals surface area contributed by atoms with Gasteiger partial charge in [0.2, 0.25) is 0 Å². The van der Waals surface area contributed by atoms with Gasteiger partial charge in [0.05, 0.1) is 0 Å². The third kappa shape index (κ3) is 3.75. The van der Waals surface area contributed by atoms with Gasteiger partial charge >= 0.3 is 0 Å². The van der Waals surface area contributed by atoms with E-state index in [9.17, 15) is 0 Å². The number of aryl methyl sites for hydroxylation is 2. The fourth-order valence-electron chi connectivity index (χ4n) is 9.97. The normalized spacial score (nSPS) is 19.7. The summed E-state index contributed by atoms with van der Waals surface area (Å²) in [6.45, 7) is 4.75. The average molecular weight is 625 g/mol. The van der Waals surface area contributed by atoms with Crippen LogP contribution < -0.4 is 0 Å². The highest BCUT2D eigenvalue weighted by Crippen LogP contribution is 2.54. The van der Waals surface area contributed by atoms with Gasteiger partial charge in [-0.05, 0) is 119 Å². The Morgan fingerprint density at radius 2 is 1.33 bits per heavy atom. The Balaban J connectivity index is 0.971. The van der Waals surface area contributed by atoms with E-state index >= 15 is 0 Å². The van der Waals surface area contributed by atoms with Gasteiger partial charge in [-0.25, -0.2) is 0 Å². The van der Waals surface area contributed by atoms with Crippen molar-refractivity contribution in [2.45, 2.75) is 38.0 Å². The molecule has 5 aliphatic carbocycles. The predicted molar refractivity (Wildman–Crippen MR) is 207 cm³/mol. The summed E-state index contributed by atoms with van der Waals surface area (Å²) in [5.74, 6) is 0.633. The second-order valence-electron chi connectivity index (χ2n) is 15.1. The molecule has 11 rings (SSSR count). The second kappa shape index (κ2) is 9.80. The fourth-order valence-corrected chi connectivity index (χ4v) is 9.97. The zero-order valence-electron chi connectivity index (χ0n) is 27.9. The smallest absolute Gasteiger partial charge is 0.0205 e. The monoisotopic (exact) mass is 624 g/mol. The highest BCUT2D eigenvalue weighted by atomic mass is 14.4. The van der Waals surface area contributed by atoms with Gasteiger partial charge in [0.25, 0.3) is 0 Å². The van der Waals surface area contributed by atoms with Crippen LogP contribution in [0.3, 0.4) is 0 Å². The zero-order valence-corrected chi connectivity index (χ0v) is 27.9. The Morgan fingerprint density at radius 1 is 0.571 bits per heavy atom. The maximum absolute atomic E-state index is 2.47. The van der Waals surface area contributed by atoms with Crippen LogP contribution >= 0.6 is 0 Å². The van der Waals surface area contributed by atoms with Gasteiger partial charge < -0.3 is 0 Å². The number of rotatable bonds is 3. The molecule has 0 heterocycles. The van der Waals surface area contributed by atoms with Crippen molar-refractivity contribution in [3.8, 4) is 33.4 Å². The summed E-state index contributed by atoms with van der Waals surface area (Å²) in [6, 6.07) is 41.7. The summed E-state index contributed by atoms with van der Waals surface area (Å²) >= 11 is 0. The van der Waals surface area contributed by atoms with Crippen LogP contribution in [-0.4, -0.2) is 0 Å². The van der Waals surface area contributed by atoms with E-state index in [0.29, 0.717) is 11.8 Å². The molecule has 0 saturated carbocycles. The van der Waals surface area contributed by atoms with Crippen molar-refractivity contribution in [2.75, 3.05) is 0 Å². The minimum Gasteiger partial charge on any atom is -0.0754 e. The van der Waals surface area contributed by atoms with Crippen LogP contribution in [0.4, 0.5) is 0 Å². The summed E-state index contributed by atoms with van der Waals surface area (Å²) in [5.41, 5.74) is 22.2. The molecule has 2 unspecified atom stereocenters. The molecular formula is C49H36. The number of hydrogen-bond donors (Lipinski definition) is 0. The first-order valence-electron chi connectivity index (χ1n) is 17.9. The molecule has 0 amide bonds. The van der Waals surface area contributed by atoms with Crippen molar-refractivity contribution in [3.63, 3.8) is 0 Å². The molecule has 0 aromatic heterocycles. The molecule has 6 aromatic rings. The lowest BCUT2D eigenvalue weighted by Gasteiger charge is -2.39. The van der Waals surface area contributed by atoms with Gasteiger partial charge in [0.15, 0.2) is 0 Å². The fraction of sp³-hybridized carbons (Fsp3) is 0.143. The molecular weight excluding hydrogens is 589 g/mol. The minimum atomic E-state index is -0.0140. The molecule has 0 bridgehead atoms. The molecule has 0 fully saturated rings. The van der Waals surface area contributed by atoms with Crippen molar-refractivity contribution in [3.05, 3.63) is 184 Å². The van der Waals surface area contributed by atoms with Gasteiger partial charge in [-0.3, -0.25) is 0 Å². The van der Waals surface area contributed by atoms with Gasteiger partial charge in [-0.15, -0.1) is 0 Å².